The van der Waals surface area contributed by atoms with E-state index in [-0.39, 0.29) is 12.1 Å². The number of aliphatic carboxylic acids is 1. The Labute approximate surface area is 138 Å². The molecule has 1 aliphatic rings. The summed E-state index contributed by atoms with van der Waals surface area (Å²) >= 11 is 0. The monoisotopic (exact) mass is 359 g/mol. The van der Waals surface area contributed by atoms with Gasteiger partial charge in [-0.05, 0) is 30.5 Å². The molecule has 0 saturated heterocycles. The van der Waals surface area contributed by atoms with Crippen LogP contribution in [0.4, 0.5) is 17.6 Å². The van der Waals surface area contributed by atoms with Gasteiger partial charge in [-0.15, -0.1) is 0 Å². The summed E-state index contributed by atoms with van der Waals surface area (Å²) < 4.78 is 53.4. The Hall–Kier alpha value is -2.65. The minimum absolute atomic E-state index is 0.120. The van der Waals surface area contributed by atoms with Crippen LogP contribution >= 0.6 is 0 Å². The lowest BCUT2D eigenvalue weighted by Crippen LogP contribution is -2.34. The van der Waals surface area contributed by atoms with Crippen molar-refractivity contribution in [2.24, 2.45) is 0 Å². The molecule has 0 aliphatic carbocycles. The van der Waals surface area contributed by atoms with Gasteiger partial charge >= 0.3 is 17.8 Å². The van der Waals surface area contributed by atoms with Crippen molar-refractivity contribution in [2.75, 3.05) is 0 Å². The molecule has 6 nitrogen and oxygen atoms in total. The number of halogens is 4. The molecule has 0 unspecified atom stereocenters. The molecule has 0 spiro atoms. The van der Waals surface area contributed by atoms with E-state index in [1.165, 1.54) is 0 Å². The van der Waals surface area contributed by atoms with Crippen molar-refractivity contribution in [3.05, 3.63) is 51.5 Å². The second kappa shape index (κ2) is 6.01. The van der Waals surface area contributed by atoms with Crippen LogP contribution in [0.2, 0.25) is 0 Å². The van der Waals surface area contributed by atoms with Gasteiger partial charge in [0.05, 0.1) is 12.1 Å². The van der Waals surface area contributed by atoms with E-state index in [2.05, 4.69) is 5.10 Å². The summed E-state index contributed by atoms with van der Waals surface area (Å²) in [6.07, 6.45) is -3.53. The first-order valence-corrected chi connectivity index (χ1v) is 7.45. The van der Waals surface area contributed by atoms with Crippen molar-refractivity contribution in [3.63, 3.8) is 0 Å². The fraction of sp³-hybridized carbons (Fsp3) is 0.400. The van der Waals surface area contributed by atoms with Crippen molar-refractivity contribution < 1.29 is 27.5 Å². The predicted octanol–water partition coefficient (Wildman–Crippen LogP) is 2.21. The number of nitrogens with zero attached hydrogens (tertiary/aromatic N) is 3. The van der Waals surface area contributed by atoms with Gasteiger partial charge in [0.25, 0.3) is 0 Å². The molecule has 3 rings (SSSR count). The van der Waals surface area contributed by atoms with E-state index in [0.717, 1.165) is 15.3 Å². The molecule has 1 aromatic heterocycles. The second-order valence-corrected chi connectivity index (χ2v) is 5.78. The van der Waals surface area contributed by atoms with Crippen molar-refractivity contribution in [1.29, 1.82) is 0 Å². The van der Waals surface area contributed by atoms with Gasteiger partial charge in [0.2, 0.25) is 0 Å². The van der Waals surface area contributed by atoms with E-state index in [4.69, 9.17) is 0 Å². The highest BCUT2D eigenvalue weighted by Gasteiger charge is 2.34. The maximum atomic E-state index is 13.6. The highest BCUT2D eigenvalue weighted by atomic mass is 19.4. The van der Waals surface area contributed by atoms with Crippen LogP contribution in [0.15, 0.2) is 23.0 Å². The highest BCUT2D eigenvalue weighted by Crippen LogP contribution is 2.31. The van der Waals surface area contributed by atoms with Crippen LogP contribution in [0.5, 0.6) is 0 Å². The standard InChI is InChI=1S/C15H13F4N3O3/c16-10-6-8(4-5-9(10)15(17,18)19)7-21-14(25)22-11(13(23)24)2-1-3-12(22)20-21/h4-6,11H,1-3,7H2,(H,23,24)/t11-/m0/s1. The first-order chi connectivity index (χ1) is 11.7. The highest BCUT2D eigenvalue weighted by molar-refractivity contribution is 5.72. The van der Waals surface area contributed by atoms with Gasteiger partial charge in [-0.3, -0.25) is 4.57 Å². The molecule has 0 saturated carbocycles. The smallest absolute Gasteiger partial charge is 0.419 e. The molecular formula is C15H13F4N3O3. The molecular weight excluding hydrogens is 346 g/mol. The normalized spacial score (nSPS) is 17.4. The zero-order valence-electron chi connectivity index (χ0n) is 12.8. The Morgan fingerprint density at radius 1 is 1.36 bits per heavy atom. The molecule has 0 amide bonds. The Morgan fingerprint density at radius 2 is 2.08 bits per heavy atom. The van der Waals surface area contributed by atoms with Crippen molar-refractivity contribution in [1.82, 2.24) is 14.3 Å². The summed E-state index contributed by atoms with van der Waals surface area (Å²) in [5.41, 5.74) is -1.95. The summed E-state index contributed by atoms with van der Waals surface area (Å²) in [7, 11) is 0. The SMILES string of the molecule is O=C(O)[C@@H]1CCCc2nn(Cc3ccc(C(F)(F)F)c(F)c3)c(=O)n21. The van der Waals surface area contributed by atoms with E-state index < -0.39 is 35.3 Å². The van der Waals surface area contributed by atoms with Crippen LogP contribution in [0.3, 0.4) is 0 Å². The van der Waals surface area contributed by atoms with Gasteiger partial charge in [0, 0.05) is 6.42 Å². The van der Waals surface area contributed by atoms with Gasteiger partial charge < -0.3 is 5.11 Å². The van der Waals surface area contributed by atoms with Crippen LogP contribution < -0.4 is 5.69 Å². The minimum Gasteiger partial charge on any atom is -0.480 e. The lowest BCUT2D eigenvalue weighted by atomic mass is 10.1. The molecule has 0 fully saturated rings. The van der Waals surface area contributed by atoms with E-state index in [9.17, 15) is 32.3 Å². The average Bonchev–Trinajstić information content (AvgIpc) is 2.82. The molecule has 0 bridgehead atoms. The fourth-order valence-corrected chi connectivity index (χ4v) is 2.93. The van der Waals surface area contributed by atoms with Gasteiger partial charge in [-0.2, -0.15) is 18.3 Å². The number of carboxylic acid groups (broad SMARTS) is 1. The Kier molecular flexibility index (Phi) is 4.13. The largest absolute Gasteiger partial charge is 0.480 e. The number of benzene rings is 1. The van der Waals surface area contributed by atoms with E-state index in [0.29, 0.717) is 37.2 Å². The fourth-order valence-electron chi connectivity index (χ4n) is 2.93. The Bertz CT molecular complexity index is 885. The summed E-state index contributed by atoms with van der Waals surface area (Å²) in [5, 5.41) is 13.2. The van der Waals surface area contributed by atoms with Crippen LogP contribution in [0.1, 0.15) is 35.8 Å². The lowest BCUT2D eigenvalue weighted by Gasteiger charge is -2.19. The van der Waals surface area contributed by atoms with Gasteiger partial charge in [0.15, 0.2) is 0 Å². The zero-order chi connectivity index (χ0) is 18.4. The molecule has 1 aliphatic heterocycles. The maximum Gasteiger partial charge on any atom is 0.419 e. The summed E-state index contributed by atoms with van der Waals surface area (Å²) in [6.45, 7) is -0.250. The lowest BCUT2D eigenvalue weighted by molar-refractivity contribution is -0.142. The maximum absolute atomic E-state index is 13.6. The third-order valence-electron chi connectivity index (χ3n) is 4.09. The molecule has 1 atom stereocenters. The topological polar surface area (TPSA) is 77.1 Å². The summed E-state index contributed by atoms with van der Waals surface area (Å²) in [6, 6.07) is 1.34. The molecule has 10 heteroatoms. The quantitative estimate of drug-likeness (QED) is 0.853. The molecule has 2 heterocycles. The van der Waals surface area contributed by atoms with Crippen molar-refractivity contribution >= 4 is 5.97 Å². The molecule has 1 N–H and O–H groups in total. The average molecular weight is 359 g/mol. The molecule has 134 valence electrons. The molecule has 25 heavy (non-hydrogen) atoms. The van der Waals surface area contributed by atoms with Gasteiger partial charge in [0.1, 0.15) is 17.7 Å². The third kappa shape index (κ3) is 3.15. The van der Waals surface area contributed by atoms with Crippen molar-refractivity contribution in [2.45, 2.75) is 38.0 Å². The predicted molar refractivity (Wildman–Crippen MR) is 76.6 cm³/mol. The number of fused-ring (bicyclic) bond motifs is 1. The Morgan fingerprint density at radius 3 is 2.68 bits per heavy atom. The van der Waals surface area contributed by atoms with Gasteiger partial charge in [-0.1, -0.05) is 6.07 Å². The number of hydrogen-bond donors (Lipinski definition) is 1. The molecule has 1 aromatic carbocycles. The number of rotatable bonds is 3. The second-order valence-electron chi connectivity index (χ2n) is 5.78. The summed E-state index contributed by atoms with van der Waals surface area (Å²) in [5.74, 6) is -2.29. The molecule has 2 aromatic rings. The van der Waals surface area contributed by atoms with Crippen LogP contribution in [0.25, 0.3) is 0 Å². The number of aromatic nitrogens is 3. The number of hydrogen-bond acceptors (Lipinski definition) is 3. The minimum atomic E-state index is -4.80. The number of carbonyl (C=O) groups is 1. The van der Waals surface area contributed by atoms with Crippen LogP contribution in [0, 0.1) is 5.82 Å². The van der Waals surface area contributed by atoms with E-state index in [1.54, 1.807) is 0 Å². The summed E-state index contributed by atoms with van der Waals surface area (Å²) in [4.78, 5) is 23.6. The van der Waals surface area contributed by atoms with Crippen LogP contribution in [-0.2, 0) is 23.9 Å². The number of alkyl halides is 3. The molecule has 0 radical (unpaired) electrons. The third-order valence-corrected chi connectivity index (χ3v) is 4.09. The number of aryl methyl sites for hydroxylation is 1. The number of carboxylic acids is 1. The zero-order valence-corrected chi connectivity index (χ0v) is 12.8. The van der Waals surface area contributed by atoms with Crippen molar-refractivity contribution in [3.8, 4) is 0 Å². The van der Waals surface area contributed by atoms with E-state index >= 15 is 0 Å². The van der Waals surface area contributed by atoms with E-state index in [1.807, 2.05) is 0 Å². The first-order valence-electron chi connectivity index (χ1n) is 7.45. The Balaban J connectivity index is 1.94. The van der Waals surface area contributed by atoms with Gasteiger partial charge in [-0.25, -0.2) is 18.7 Å². The first kappa shape index (κ1) is 17.2. The van der Waals surface area contributed by atoms with Crippen LogP contribution in [-0.4, -0.2) is 25.4 Å².